The van der Waals surface area contributed by atoms with Crippen molar-refractivity contribution in [1.29, 1.82) is 0 Å². The molecule has 1 fully saturated rings. The minimum Gasteiger partial charge on any atom is -0.341 e. The molecule has 1 aliphatic rings. The molecule has 1 saturated heterocycles. The summed E-state index contributed by atoms with van der Waals surface area (Å²) in [5.74, 6) is 1.41. The lowest BCUT2D eigenvalue weighted by molar-refractivity contribution is -0.121. The molecular formula is C22H29N5O2. The molecule has 1 amide bonds. The predicted octanol–water partition coefficient (Wildman–Crippen LogP) is 4.01. The zero-order valence-corrected chi connectivity index (χ0v) is 17.6. The van der Waals surface area contributed by atoms with Crippen LogP contribution in [0.5, 0.6) is 0 Å². The standard InChI is InChI=1S/C22H29N5O2/c1-14-5-6-16-17(11-14)24-19(23-16)13-27-9-7-15(8-10-27)21(28)25-20-12-18(26-29-20)22(2,3)4/h5-6,11-12,15H,7-10,13H2,1-4H3,(H,23,24)(H,25,28). The minimum absolute atomic E-state index is 0.00670. The van der Waals surface area contributed by atoms with Gasteiger partial charge in [-0.15, -0.1) is 0 Å². The third kappa shape index (κ3) is 4.50. The Labute approximate surface area is 170 Å². The Bertz CT molecular complexity index is 1010. The molecule has 0 atom stereocenters. The number of H-pyrrole nitrogens is 1. The van der Waals surface area contributed by atoms with Gasteiger partial charge in [0, 0.05) is 17.4 Å². The molecule has 7 heteroatoms. The molecule has 4 rings (SSSR count). The van der Waals surface area contributed by atoms with E-state index in [-0.39, 0.29) is 17.2 Å². The lowest BCUT2D eigenvalue weighted by Gasteiger charge is -2.30. The number of aromatic amines is 1. The van der Waals surface area contributed by atoms with Gasteiger partial charge in [-0.25, -0.2) is 4.98 Å². The second-order valence-corrected chi connectivity index (χ2v) is 9.07. The summed E-state index contributed by atoms with van der Waals surface area (Å²) in [5, 5.41) is 6.95. The van der Waals surface area contributed by atoms with Crippen LogP contribution in [0.1, 0.15) is 50.7 Å². The van der Waals surface area contributed by atoms with Gasteiger partial charge in [0.05, 0.1) is 23.3 Å². The summed E-state index contributed by atoms with van der Waals surface area (Å²) in [6.07, 6.45) is 1.65. The first-order valence-corrected chi connectivity index (χ1v) is 10.2. The fourth-order valence-corrected chi connectivity index (χ4v) is 3.73. The zero-order valence-electron chi connectivity index (χ0n) is 17.6. The van der Waals surface area contributed by atoms with Crippen LogP contribution in [0.4, 0.5) is 5.88 Å². The molecule has 1 aliphatic heterocycles. The fraction of sp³-hybridized carbons (Fsp3) is 0.500. The third-order valence-corrected chi connectivity index (χ3v) is 5.54. The van der Waals surface area contributed by atoms with Crippen molar-refractivity contribution in [3.05, 3.63) is 41.3 Å². The van der Waals surface area contributed by atoms with Gasteiger partial charge in [0.25, 0.3) is 0 Å². The zero-order chi connectivity index (χ0) is 20.6. The van der Waals surface area contributed by atoms with Crippen LogP contribution in [0, 0.1) is 12.8 Å². The van der Waals surface area contributed by atoms with E-state index in [1.807, 2.05) is 6.07 Å². The van der Waals surface area contributed by atoms with Gasteiger partial charge in [0.1, 0.15) is 5.82 Å². The largest absolute Gasteiger partial charge is 0.341 e. The number of aryl methyl sites for hydroxylation is 1. The van der Waals surface area contributed by atoms with Gasteiger partial charge in [0.15, 0.2) is 0 Å². The average molecular weight is 396 g/mol. The van der Waals surface area contributed by atoms with E-state index in [1.54, 1.807) is 0 Å². The molecule has 1 aromatic carbocycles. The Morgan fingerprint density at radius 1 is 1.28 bits per heavy atom. The average Bonchev–Trinajstić information content (AvgIpc) is 3.28. The maximum Gasteiger partial charge on any atom is 0.231 e. The van der Waals surface area contributed by atoms with Crippen LogP contribution in [-0.4, -0.2) is 39.0 Å². The van der Waals surface area contributed by atoms with Crippen molar-refractivity contribution in [3.63, 3.8) is 0 Å². The van der Waals surface area contributed by atoms with Crippen LogP contribution in [0.3, 0.4) is 0 Å². The fourth-order valence-electron chi connectivity index (χ4n) is 3.73. The summed E-state index contributed by atoms with van der Waals surface area (Å²) in [6, 6.07) is 8.07. The van der Waals surface area contributed by atoms with Crippen LogP contribution in [0.15, 0.2) is 28.8 Å². The number of nitrogens with zero attached hydrogens (tertiary/aromatic N) is 3. The molecule has 3 heterocycles. The minimum atomic E-state index is -0.104. The highest BCUT2D eigenvalue weighted by atomic mass is 16.5. The first-order chi connectivity index (χ1) is 13.8. The van der Waals surface area contributed by atoms with Gasteiger partial charge in [-0.3, -0.25) is 15.0 Å². The highest BCUT2D eigenvalue weighted by Gasteiger charge is 2.27. The number of rotatable bonds is 4. The van der Waals surface area contributed by atoms with Crippen LogP contribution in [0.2, 0.25) is 0 Å². The second-order valence-electron chi connectivity index (χ2n) is 9.07. The van der Waals surface area contributed by atoms with E-state index in [1.165, 1.54) is 5.56 Å². The molecule has 2 N–H and O–H groups in total. The summed E-state index contributed by atoms with van der Waals surface area (Å²) in [5.41, 5.74) is 4.04. The van der Waals surface area contributed by atoms with Gasteiger partial charge < -0.3 is 9.51 Å². The number of aromatic nitrogens is 3. The van der Waals surface area contributed by atoms with E-state index in [0.29, 0.717) is 5.88 Å². The maximum absolute atomic E-state index is 12.6. The number of fused-ring (bicyclic) bond motifs is 1. The van der Waals surface area contributed by atoms with E-state index >= 15 is 0 Å². The highest BCUT2D eigenvalue weighted by molar-refractivity contribution is 5.91. The van der Waals surface area contributed by atoms with Crippen molar-refractivity contribution in [1.82, 2.24) is 20.0 Å². The summed E-state index contributed by atoms with van der Waals surface area (Å²) < 4.78 is 5.29. The number of carbonyl (C=O) groups excluding carboxylic acids is 1. The topological polar surface area (TPSA) is 87.1 Å². The van der Waals surface area contributed by atoms with E-state index < -0.39 is 0 Å². The van der Waals surface area contributed by atoms with Crippen LogP contribution >= 0.6 is 0 Å². The van der Waals surface area contributed by atoms with Crippen molar-refractivity contribution in [2.75, 3.05) is 18.4 Å². The SMILES string of the molecule is Cc1ccc2nc(CN3CCC(C(=O)Nc4cc(C(C)(C)C)no4)CC3)[nH]c2c1. The third-order valence-electron chi connectivity index (χ3n) is 5.54. The van der Waals surface area contributed by atoms with Crippen molar-refractivity contribution < 1.29 is 9.32 Å². The van der Waals surface area contributed by atoms with Gasteiger partial charge >= 0.3 is 0 Å². The number of nitrogens with one attached hydrogen (secondary N) is 2. The summed E-state index contributed by atoms with van der Waals surface area (Å²) >= 11 is 0. The van der Waals surface area contributed by atoms with E-state index in [0.717, 1.165) is 55.0 Å². The normalized spacial score (nSPS) is 16.4. The smallest absolute Gasteiger partial charge is 0.231 e. The monoisotopic (exact) mass is 395 g/mol. The number of hydrogen-bond acceptors (Lipinski definition) is 5. The Morgan fingerprint density at radius 2 is 2.03 bits per heavy atom. The van der Waals surface area contributed by atoms with Gasteiger partial charge in [-0.05, 0) is 50.6 Å². The summed E-state index contributed by atoms with van der Waals surface area (Å²) in [4.78, 5) is 23.1. The number of piperidine rings is 1. The first-order valence-electron chi connectivity index (χ1n) is 10.2. The number of benzene rings is 1. The molecule has 2 aromatic heterocycles. The number of imidazole rings is 1. The summed E-state index contributed by atoms with van der Waals surface area (Å²) in [6.45, 7) is 10.8. The van der Waals surface area contributed by atoms with Gasteiger partial charge in [-0.2, -0.15) is 0 Å². The van der Waals surface area contributed by atoms with Crippen LogP contribution < -0.4 is 5.32 Å². The Balaban J connectivity index is 1.30. The number of amides is 1. The number of anilines is 1. The summed E-state index contributed by atoms with van der Waals surface area (Å²) in [7, 11) is 0. The van der Waals surface area contributed by atoms with Crippen LogP contribution in [-0.2, 0) is 16.8 Å². The molecule has 7 nitrogen and oxygen atoms in total. The Kier molecular flexibility index (Phi) is 5.17. The molecule has 0 aliphatic carbocycles. The second kappa shape index (κ2) is 7.63. The lowest BCUT2D eigenvalue weighted by Crippen LogP contribution is -2.37. The number of carbonyl (C=O) groups is 1. The highest BCUT2D eigenvalue weighted by Crippen LogP contribution is 2.25. The Morgan fingerprint density at radius 3 is 2.72 bits per heavy atom. The van der Waals surface area contributed by atoms with Gasteiger partial charge in [0.2, 0.25) is 11.8 Å². The molecule has 3 aromatic rings. The van der Waals surface area contributed by atoms with Crippen molar-refractivity contribution in [2.24, 2.45) is 5.92 Å². The molecule has 154 valence electrons. The number of hydrogen-bond donors (Lipinski definition) is 2. The lowest BCUT2D eigenvalue weighted by atomic mass is 9.92. The molecule has 0 saturated carbocycles. The molecular weight excluding hydrogens is 366 g/mol. The van der Waals surface area contributed by atoms with E-state index in [4.69, 9.17) is 4.52 Å². The van der Waals surface area contributed by atoms with Crippen LogP contribution in [0.25, 0.3) is 11.0 Å². The molecule has 0 unspecified atom stereocenters. The van der Waals surface area contributed by atoms with E-state index in [9.17, 15) is 4.79 Å². The van der Waals surface area contributed by atoms with E-state index in [2.05, 4.69) is 71.2 Å². The maximum atomic E-state index is 12.6. The molecule has 29 heavy (non-hydrogen) atoms. The number of likely N-dealkylation sites (tertiary alicyclic amines) is 1. The Hall–Kier alpha value is -2.67. The quantitative estimate of drug-likeness (QED) is 0.697. The molecule has 0 bridgehead atoms. The molecule has 0 spiro atoms. The van der Waals surface area contributed by atoms with Crippen molar-refractivity contribution in [3.8, 4) is 0 Å². The van der Waals surface area contributed by atoms with Gasteiger partial charge in [-0.1, -0.05) is 32.0 Å². The first kappa shape index (κ1) is 19.6. The van der Waals surface area contributed by atoms with Crippen molar-refractivity contribution in [2.45, 2.75) is 52.5 Å². The predicted molar refractivity (Wildman–Crippen MR) is 113 cm³/mol. The van der Waals surface area contributed by atoms with Crippen molar-refractivity contribution >= 4 is 22.8 Å². The molecule has 0 radical (unpaired) electrons.